The Bertz CT molecular complexity index is 860. The molecular weight excluding hydrogens is 378 g/mol. The first-order valence-corrected chi connectivity index (χ1v) is 10.1. The molecule has 8 heteroatoms. The molecule has 30 heavy (non-hydrogen) atoms. The SMILES string of the molecule is C=C(N)N(CCN1CCN(C)CC1)Cc1ccc(C(=O)Nc2ccccc2N)nc1. The molecule has 5 N–H and O–H groups in total. The highest BCUT2D eigenvalue weighted by atomic mass is 16.1. The highest BCUT2D eigenvalue weighted by molar-refractivity contribution is 6.04. The lowest BCUT2D eigenvalue weighted by molar-refractivity contribution is 0.102. The fourth-order valence-electron chi connectivity index (χ4n) is 3.33. The van der Waals surface area contributed by atoms with Gasteiger partial charge in [0.05, 0.1) is 17.2 Å². The number of nitrogen functional groups attached to an aromatic ring is 1. The van der Waals surface area contributed by atoms with Crippen molar-refractivity contribution in [2.75, 3.05) is 57.4 Å². The van der Waals surface area contributed by atoms with Crippen LogP contribution in [0.5, 0.6) is 0 Å². The van der Waals surface area contributed by atoms with Gasteiger partial charge in [-0.25, -0.2) is 0 Å². The van der Waals surface area contributed by atoms with Crippen LogP contribution in [-0.2, 0) is 6.54 Å². The van der Waals surface area contributed by atoms with Crippen molar-refractivity contribution in [2.45, 2.75) is 6.54 Å². The fraction of sp³-hybridized carbons (Fsp3) is 0.364. The summed E-state index contributed by atoms with van der Waals surface area (Å²) in [7, 11) is 2.15. The number of pyridine rings is 1. The second-order valence-electron chi connectivity index (χ2n) is 7.65. The zero-order valence-electron chi connectivity index (χ0n) is 17.6. The third-order valence-electron chi connectivity index (χ3n) is 5.33. The van der Waals surface area contributed by atoms with Crippen molar-refractivity contribution in [1.29, 1.82) is 0 Å². The van der Waals surface area contributed by atoms with Crippen molar-refractivity contribution in [1.82, 2.24) is 19.7 Å². The van der Waals surface area contributed by atoms with Gasteiger partial charge in [0.2, 0.25) is 0 Å². The Hall–Kier alpha value is -3.10. The molecule has 1 aromatic carbocycles. The standard InChI is InChI=1S/C22H31N7O/c1-17(23)29(14-13-28-11-9-27(2)10-12-28)16-18-7-8-21(25-15-18)22(30)26-20-6-4-3-5-19(20)24/h3-8,15H,1,9-14,16,23-24H2,2H3,(H,26,30). The largest absolute Gasteiger partial charge is 0.397 e. The molecular formula is C22H31N7O. The molecule has 2 heterocycles. The highest BCUT2D eigenvalue weighted by Crippen LogP contribution is 2.17. The Morgan fingerprint density at radius 2 is 1.93 bits per heavy atom. The summed E-state index contributed by atoms with van der Waals surface area (Å²) in [5, 5.41) is 2.78. The van der Waals surface area contributed by atoms with Crippen molar-refractivity contribution in [3.63, 3.8) is 0 Å². The molecule has 1 aliphatic heterocycles. The number of anilines is 2. The van der Waals surface area contributed by atoms with E-state index in [0.717, 1.165) is 44.8 Å². The van der Waals surface area contributed by atoms with Gasteiger partial charge >= 0.3 is 0 Å². The molecule has 1 aliphatic rings. The van der Waals surface area contributed by atoms with E-state index in [1.807, 2.05) is 23.1 Å². The van der Waals surface area contributed by atoms with Crippen molar-refractivity contribution < 1.29 is 4.79 Å². The van der Waals surface area contributed by atoms with Crippen LogP contribution in [0.2, 0.25) is 0 Å². The molecule has 160 valence electrons. The van der Waals surface area contributed by atoms with Crippen molar-refractivity contribution >= 4 is 17.3 Å². The van der Waals surface area contributed by atoms with Crippen LogP contribution in [-0.4, -0.2) is 71.9 Å². The molecule has 1 saturated heterocycles. The van der Waals surface area contributed by atoms with E-state index in [9.17, 15) is 4.79 Å². The molecule has 0 bridgehead atoms. The predicted molar refractivity (Wildman–Crippen MR) is 121 cm³/mol. The van der Waals surface area contributed by atoms with Gasteiger partial charge in [-0.05, 0) is 30.8 Å². The molecule has 8 nitrogen and oxygen atoms in total. The summed E-state index contributed by atoms with van der Waals surface area (Å²) < 4.78 is 0. The Kier molecular flexibility index (Phi) is 7.26. The minimum absolute atomic E-state index is 0.297. The summed E-state index contributed by atoms with van der Waals surface area (Å²) in [5.74, 6) is 0.236. The quantitative estimate of drug-likeness (QED) is 0.566. The highest BCUT2D eigenvalue weighted by Gasteiger charge is 2.16. The van der Waals surface area contributed by atoms with E-state index >= 15 is 0 Å². The molecule has 0 atom stereocenters. The van der Waals surface area contributed by atoms with Gasteiger partial charge < -0.3 is 26.6 Å². The second kappa shape index (κ2) is 10.1. The Morgan fingerprint density at radius 3 is 2.57 bits per heavy atom. The van der Waals surface area contributed by atoms with Crippen LogP contribution >= 0.6 is 0 Å². The van der Waals surface area contributed by atoms with E-state index in [0.29, 0.717) is 29.4 Å². The Morgan fingerprint density at radius 1 is 1.20 bits per heavy atom. The number of carbonyl (C=O) groups is 1. The van der Waals surface area contributed by atoms with Gasteiger partial charge in [-0.2, -0.15) is 0 Å². The molecule has 0 unspecified atom stereocenters. The molecule has 0 spiro atoms. The van der Waals surface area contributed by atoms with Gasteiger partial charge in [-0.3, -0.25) is 14.7 Å². The number of hydrogen-bond acceptors (Lipinski definition) is 7. The summed E-state index contributed by atoms with van der Waals surface area (Å²) in [4.78, 5) is 23.6. The summed E-state index contributed by atoms with van der Waals surface area (Å²) in [5.41, 5.74) is 14.3. The van der Waals surface area contributed by atoms with E-state index in [-0.39, 0.29) is 5.91 Å². The van der Waals surface area contributed by atoms with Crippen LogP contribution in [0, 0.1) is 0 Å². The normalized spacial score (nSPS) is 15.0. The first-order valence-electron chi connectivity index (χ1n) is 10.1. The lowest BCUT2D eigenvalue weighted by atomic mass is 10.2. The van der Waals surface area contributed by atoms with Gasteiger partial charge in [-0.1, -0.05) is 24.8 Å². The number of nitrogens with two attached hydrogens (primary N) is 2. The number of amides is 1. The lowest BCUT2D eigenvalue weighted by Gasteiger charge is -2.34. The molecule has 0 radical (unpaired) electrons. The fourth-order valence-corrected chi connectivity index (χ4v) is 3.33. The zero-order valence-corrected chi connectivity index (χ0v) is 17.6. The van der Waals surface area contributed by atoms with Crippen molar-refractivity contribution in [2.24, 2.45) is 5.73 Å². The third-order valence-corrected chi connectivity index (χ3v) is 5.33. The topological polar surface area (TPSA) is 104 Å². The average molecular weight is 410 g/mol. The van der Waals surface area contributed by atoms with Crippen LogP contribution in [0.4, 0.5) is 11.4 Å². The van der Waals surface area contributed by atoms with Crippen LogP contribution in [0.15, 0.2) is 55.0 Å². The van der Waals surface area contributed by atoms with E-state index in [4.69, 9.17) is 11.5 Å². The van der Waals surface area contributed by atoms with Crippen LogP contribution in [0.3, 0.4) is 0 Å². The minimum Gasteiger partial charge on any atom is -0.397 e. The number of hydrogen-bond donors (Lipinski definition) is 3. The lowest BCUT2D eigenvalue weighted by Crippen LogP contribution is -2.47. The predicted octanol–water partition coefficient (Wildman–Crippen LogP) is 1.40. The molecule has 0 saturated carbocycles. The summed E-state index contributed by atoms with van der Waals surface area (Å²) in [6, 6.07) is 10.7. The number of carbonyl (C=O) groups excluding carboxylic acids is 1. The van der Waals surface area contributed by atoms with Gasteiger partial charge in [0.1, 0.15) is 5.69 Å². The van der Waals surface area contributed by atoms with E-state index < -0.39 is 0 Å². The molecule has 0 aliphatic carbocycles. The van der Waals surface area contributed by atoms with E-state index in [1.54, 1.807) is 24.4 Å². The molecule has 2 aromatic rings. The average Bonchev–Trinajstić information content (AvgIpc) is 2.74. The van der Waals surface area contributed by atoms with Gasteiger partial charge in [0, 0.05) is 52.0 Å². The zero-order chi connectivity index (χ0) is 21.5. The van der Waals surface area contributed by atoms with Gasteiger partial charge in [0.15, 0.2) is 0 Å². The third kappa shape index (κ3) is 5.95. The maximum absolute atomic E-state index is 12.4. The van der Waals surface area contributed by atoms with E-state index in [2.05, 4.69) is 33.7 Å². The van der Waals surface area contributed by atoms with Crippen LogP contribution in [0.25, 0.3) is 0 Å². The van der Waals surface area contributed by atoms with E-state index in [1.165, 1.54) is 0 Å². The summed E-state index contributed by atoms with van der Waals surface area (Å²) in [6.07, 6.45) is 1.70. The second-order valence-corrected chi connectivity index (χ2v) is 7.65. The molecule has 1 fully saturated rings. The number of piperazine rings is 1. The Balaban J connectivity index is 1.55. The first kappa shape index (κ1) is 21.6. The van der Waals surface area contributed by atoms with Gasteiger partial charge in [-0.15, -0.1) is 0 Å². The minimum atomic E-state index is -0.297. The number of benzene rings is 1. The molecule has 1 amide bonds. The van der Waals surface area contributed by atoms with Gasteiger partial charge in [0.25, 0.3) is 5.91 Å². The smallest absolute Gasteiger partial charge is 0.274 e. The summed E-state index contributed by atoms with van der Waals surface area (Å²) >= 11 is 0. The maximum Gasteiger partial charge on any atom is 0.274 e. The van der Waals surface area contributed by atoms with Crippen LogP contribution < -0.4 is 16.8 Å². The van der Waals surface area contributed by atoms with Crippen LogP contribution in [0.1, 0.15) is 16.1 Å². The number of likely N-dealkylation sites (N-methyl/N-ethyl adjacent to an activating group) is 1. The summed E-state index contributed by atoms with van der Waals surface area (Å²) in [6.45, 7) is 10.6. The van der Waals surface area contributed by atoms with Crippen molar-refractivity contribution in [3.05, 3.63) is 66.3 Å². The number of para-hydroxylation sites is 2. The Labute approximate surface area is 178 Å². The number of nitrogens with one attached hydrogen (secondary N) is 1. The number of aromatic nitrogens is 1. The number of rotatable bonds is 8. The monoisotopic (exact) mass is 409 g/mol. The molecule has 1 aromatic heterocycles. The first-order chi connectivity index (χ1) is 14.4. The molecule has 3 rings (SSSR count). The van der Waals surface area contributed by atoms with Crippen molar-refractivity contribution in [3.8, 4) is 0 Å². The maximum atomic E-state index is 12.4. The number of nitrogens with zero attached hydrogens (tertiary/aromatic N) is 4.